The van der Waals surface area contributed by atoms with Gasteiger partial charge in [0, 0.05) is 20.6 Å². The number of nitrogens with one attached hydrogen (secondary N) is 1. The molecule has 0 saturated carbocycles. The van der Waals surface area contributed by atoms with E-state index in [9.17, 15) is 9.59 Å². The Labute approximate surface area is 205 Å². The number of halogens is 1. The Morgan fingerprint density at radius 3 is 2.39 bits per heavy atom. The van der Waals surface area contributed by atoms with Crippen molar-refractivity contribution in [1.29, 1.82) is 0 Å². The standard InChI is InChI=1S/C26H26BrN3O2S/c1-5-19(24(31)29-23-15(3)8-7-9-16(23)4)30-14-28-25-22(26(30)32)21(20(6-2)33-25)17-10-12-18(27)13-11-17/h7-14,19H,5-6H2,1-4H3,(H,29,31). The number of aromatic nitrogens is 2. The van der Waals surface area contributed by atoms with Gasteiger partial charge < -0.3 is 5.32 Å². The number of fused-ring (bicyclic) bond motifs is 1. The zero-order valence-electron chi connectivity index (χ0n) is 19.1. The molecule has 2 aromatic heterocycles. The summed E-state index contributed by atoms with van der Waals surface area (Å²) >= 11 is 5.03. The van der Waals surface area contributed by atoms with Crippen molar-refractivity contribution >= 4 is 49.1 Å². The summed E-state index contributed by atoms with van der Waals surface area (Å²) in [5.74, 6) is -0.214. The Morgan fingerprint density at radius 2 is 1.79 bits per heavy atom. The van der Waals surface area contributed by atoms with Gasteiger partial charge in [-0.25, -0.2) is 4.98 Å². The quantitative estimate of drug-likeness (QED) is 0.307. The number of benzene rings is 2. The molecule has 4 rings (SSSR count). The smallest absolute Gasteiger partial charge is 0.263 e. The fourth-order valence-electron chi connectivity index (χ4n) is 4.17. The minimum atomic E-state index is -0.656. The summed E-state index contributed by atoms with van der Waals surface area (Å²) in [6.45, 7) is 7.92. The molecule has 0 aliphatic rings. The number of carbonyl (C=O) groups is 1. The molecular formula is C26H26BrN3O2S. The summed E-state index contributed by atoms with van der Waals surface area (Å²) in [6, 6.07) is 13.2. The third-order valence-electron chi connectivity index (χ3n) is 5.92. The van der Waals surface area contributed by atoms with Gasteiger partial charge in [0.1, 0.15) is 10.9 Å². The van der Waals surface area contributed by atoms with Crippen LogP contribution in [0.4, 0.5) is 5.69 Å². The van der Waals surface area contributed by atoms with E-state index in [1.807, 2.05) is 63.2 Å². The van der Waals surface area contributed by atoms with E-state index in [1.54, 1.807) is 11.3 Å². The molecule has 170 valence electrons. The Morgan fingerprint density at radius 1 is 1.12 bits per heavy atom. The minimum absolute atomic E-state index is 0.183. The molecule has 1 atom stereocenters. The number of thiophene rings is 1. The van der Waals surface area contributed by atoms with E-state index < -0.39 is 6.04 Å². The predicted octanol–water partition coefficient (Wildman–Crippen LogP) is 6.66. The van der Waals surface area contributed by atoms with Crippen LogP contribution in [0.15, 0.2) is 58.1 Å². The van der Waals surface area contributed by atoms with Crippen molar-refractivity contribution in [3.63, 3.8) is 0 Å². The maximum Gasteiger partial charge on any atom is 0.263 e. The van der Waals surface area contributed by atoms with Gasteiger partial charge in [-0.1, -0.05) is 60.1 Å². The van der Waals surface area contributed by atoms with Crippen LogP contribution in [0.3, 0.4) is 0 Å². The maximum absolute atomic E-state index is 13.8. The molecule has 33 heavy (non-hydrogen) atoms. The molecule has 0 fully saturated rings. The number of nitrogens with zero attached hydrogens (tertiary/aromatic N) is 2. The Kier molecular flexibility index (Phi) is 6.81. The normalized spacial score (nSPS) is 12.2. The number of hydrogen-bond acceptors (Lipinski definition) is 4. The first-order valence-electron chi connectivity index (χ1n) is 11.0. The molecule has 0 radical (unpaired) electrons. The fourth-order valence-corrected chi connectivity index (χ4v) is 5.53. The van der Waals surface area contributed by atoms with E-state index in [4.69, 9.17) is 0 Å². The lowest BCUT2D eigenvalue weighted by atomic mass is 10.0. The second kappa shape index (κ2) is 9.61. The summed E-state index contributed by atoms with van der Waals surface area (Å²) in [6.07, 6.45) is 2.79. The monoisotopic (exact) mass is 523 g/mol. The van der Waals surface area contributed by atoms with Gasteiger partial charge in [-0.05, 0) is 55.5 Å². The average molecular weight is 524 g/mol. The molecule has 1 amide bonds. The van der Waals surface area contributed by atoms with E-state index in [-0.39, 0.29) is 11.5 Å². The topological polar surface area (TPSA) is 64.0 Å². The van der Waals surface area contributed by atoms with Gasteiger partial charge in [-0.15, -0.1) is 11.3 Å². The molecule has 0 aliphatic carbocycles. The van der Waals surface area contributed by atoms with E-state index in [2.05, 4.69) is 33.2 Å². The Hall–Kier alpha value is -2.77. The van der Waals surface area contributed by atoms with Gasteiger partial charge in [-0.3, -0.25) is 14.2 Å². The molecule has 0 spiro atoms. The molecule has 5 nitrogen and oxygen atoms in total. The van der Waals surface area contributed by atoms with Crippen LogP contribution >= 0.6 is 27.3 Å². The highest BCUT2D eigenvalue weighted by Gasteiger charge is 2.25. The van der Waals surface area contributed by atoms with Crippen molar-refractivity contribution in [2.75, 3.05) is 5.32 Å². The van der Waals surface area contributed by atoms with E-state index >= 15 is 0 Å². The molecule has 2 aromatic carbocycles. The zero-order valence-corrected chi connectivity index (χ0v) is 21.5. The second-order valence-electron chi connectivity index (χ2n) is 8.08. The number of rotatable bonds is 6. The molecular weight excluding hydrogens is 498 g/mol. The summed E-state index contributed by atoms with van der Waals surface area (Å²) in [5.41, 5.74) is 4.48. The maximum atomic E-state index is 13.8. The van der Waals surface area contributed by atoms with Gasteiger partial charge in [0.2, 0.25) is 5.91 Å². The van der Waals surface area contributed by atoms with E-state index in [0.717, 1.165) is 43.7 Å². The van der Waals surface area contributed by atoms with Gasteiger partial charge in [-0.2, -0.15) is 0 Å². The number of anilines is 1. The van der Waals surface area contributed by atoms with Crippen LogP contribution < -0.4 is 10.9 Å². The van der Waals surface area contributed by atoms with Crippen molar-refractivity contribution < 1.29 is 4.79 Å². The van der Waals surface area contributed by atoms with Crippen LogP contribution in [-0.4, -0.2) is 15.5 Å². The van der Waals surface area contributed by atoms with Crippen molar-refractivity contribution in [3.8, 4) is 11.1 Å². The lowest BCUT2D eigenvalue weighted by molar-refractivity contribution is -0.119. The predicted molar refractivity (Wildman–Crippen MR) is 140 cm³/mol. The lowest BCUT2D eigenvalue weighted by Crippen LogP contribution is -2.33. The highest BCUT2D eigenvalue weighted by Crippen LogP contribution is 2.37. The van der Waals surface area contributed by atoms with Crippen LogP contribution in [0.5, 0.6) is 0 Å². The summed E-state index contributed by atoms with van der Waals surface area (Å²) < 4.78 is 2.47. The first-order chi connectivity index (χ1) is 15.8. The first kappa shape index (κ1) is 23.4. The second-order valence-corrected chi connectivity index (χ2v) is 10.1. The highest BCUT2D eigenvalue weighted by molar-refractivity contribution is 9.10. The largest absolute Gasteiger partial charge is 0.324 e. The fraction of sp³-hybridized carbons (Fsp3) is 0.269. The molecule has 1 unspecified atom stereocenters. The van der Waals surface area contributed by atoms with Crippen molar-refractivity contribution in [2.24, 2.45) is 0 Å². The Balaban J connectivity index is 1.82. The third-order valence-corrected chi connectivity index (χ3v) is 7.69. The van der Waals surface area contributed by atoms with Crippen LogP contribution in [0.1, 0.15) is 42.3 Å². The van der Waals surface area contributed by atoms with Crippen LogP contribution in [0.2, 0.25) is 0 Å². The number of aryl methyl sites for hydroxylation is 3. The SMILES string of the molecule is CCc1sc2ncn(C(CC)C(=O)Nc3c(C)cccc3C)c(=O)c2c1-c1ccc(Br)cc1. The number of para-hydroxylation sites is 1. The minimum Gasteiger partial charge on any atom is -0.324 e. The zero-order chi connectivity index (χ0) is 23.7. The summed E-state index contributed by atoms with van der Waals surface area (Å²) in [7, 11) is 0. The molecule has 0 saturated heterocycles. The molecule has 2 heterocycles. The van der Waals surface area contributed by atoms with Crippen molar-refractivity contribution in [2.45, 2.75) is 46.6 Å². The first-order valence-corrected chi connectivity index (χ1v) is 12.6. The summed E-state index contributed by atoms with van der Waals surface area (Å²) in [4.78, 5) is 33.5. The van der Waals surface area contributed by atoms with Gasteiger partial charge in [0.25, 0.3) is 5.56 Å². The highest BCUT2D eigenvalue weighted by atomic mass is 79.9. The third kappa shape index (κ3) is 4.39. The number of amides is 1. The van der Waals surface area contributed by atoms with Gasteiger partial charge in [0.05, 0.1) is 11.7 Å². The molecule has 1 N–H and O–H groups in total. The van der Waals surface area contributed by atoms with Crippen LogP contribution in [0.25, 0.3) is 21.3 Å². The molecule has 0 bridgehead atoms. The van der Waals surface area contributed by atoms with Gasteiger partial charge in [0.15, 0.2) is 0 Å². The Bertz CT molecular complexity index is 1370. The van der Waals surface area contributed by atoms with Crippen LogP contribution in [-0.2, 0) is 11.2 Å². The van der Waals surface area contributed by atoms with Crippen LogP contribution in [0, 0.1) is 13.8 Å². The molecule has 0 aliphatic heterocycles. The van der Waals surface area contributed by atoms with Crippen molar-refractivity contribution in [3.05, 3.63) is 79.6 Å². The lowest BCUT2D eigenvalue weighted by Gasteiger charge is -2.19. The van der Waals surface area contributed by atoms with E-state index in [0.29, 0.717) is 16.6 Å². The molecule has 4 aromatic rings. The molecule has 7 heteroatoms. The van der Waals surface area contributed by atoms with Crippen molar-refractivity contribution in [1.82, 2.24) is 9.55 Å². The average Bonchev–Trinajstić information content (AvgIpc) is 3.18. The summed E-state index contributed by atoms with van der Waals surface area (Å²) in [5, 5.41) is 3.63. The number of hydrogen-bond donors (Lipinski definition) is 1. The van der Waals surface area contributed by atoms with E-state index in [1.165, 1.54) is 10.9 Å². The number of carbonyl (C=O) groups excluding carboxylic acids is 1. The van der Waals surface area contributed by atoms with Gasteiger partial charge >= 0.3 is 0 Å².